The Kier molecular flexibility index (Phi) is 6.17. The molecule has 4 atom stereocenters. The van der Waals surface area contributed by atoms with Crippen molar-refractivity contribution >= 4 is 29.4 Å². The lowest BCUT2D eigenvalue weighted by Gasteiger charge is -2.32. The Morgan fingerprint density at radius 1 is 1.03 bits per heavy atom. The van der Waals surface area contributed by atoms with Gasteiger partial charge in [0, 0.05) is 22.2 Å². The van der Waals surface area contributed by atoms with Crippen molar-refractivity contribution in [2.75, 3.05) is 0 Å². The Balaban J connectivity index is 1.21. The number of hydrogen-bond acceptors (Lipinski definition) is 6. The van der Waals surface area contributed by atoms with Crippen molar-refractivity contribution in [1.29, 1.82) is 0 Å². The van der Waals surface area contributed by atoms with E-state index >= 15 is 0 Å². The number of nitrogens with zero attached hydrogens (tertiary/aromatic N) is 1. The number of aryl methyl sites for hydroxylation is 1. The number of halogens is 1. The maximum absolute atomic E-state index is 13.5. The van der Waals surface area contributed by atoms with Gasteiger partial charge in [-0.1, -0.05) is 24.1 Å². The largest absolute Gasteiger partial charge is 0.488 e. The summed E-state index contributed by atoms with van der Waals surface area (Å²) in [5.41, 5.74) is 3.77. The Hall–Kier alpha value is -3.06. The van der Waals surface area contributed by atoms with Crippen LogP contribution < -0.4 is 4.74 Å². The first kappa shape index (κ1) is 25.2. The van der Waals surface area contributed by atoms with Gasteiger partial charge in [-0.2, -0.15) is 0 Å². The molecule has 4 aliphatic rings. The van der Waals surface area contributed by atoms with Crippen LogP contribution in [0.1, 0.15) is 74.4 Å². The summed E-state index contributed by atoms with van der Waals surface area (Å²) in [5, 5.41) is 0.657. The number of amides is 1. The minimum atomic E-state index is -0.885. The number of rotatable bonds is 2. The highest BCUT2D eigenvalue weighted by Gasteiger charge is 2.51. The van der Waals surface area contributed by atoms with Crippen LogP contribution in [0.15, 0.2) is 30.3 Å². The van der Waals surface area contributed by atoms with E-state index in [2.05, 4.69) is 0 Å². The maximum Gasteiger partial charge on any atom is 0.411 e. The summed E-state index contributed by atoms with van der Waals surface area (Å²) in [7, 11) is 0. The Labute approximate surface area is 227 Å². The van der Waals surface area contributed by atoms with Crippen molar-refractivity contribution in [3.8, 4) is 16.9 Å². The molecule has 8 heteroatoms. The smallest absolute Gasteiger partial charge is 0.411 e. The molecule has 0 N–H and O–H groups in total. The van der Waals surface area contributed by atoms with Gasteiger partial charge in [0.1, 0.15) is 24.0 Å². The van der Waals surface area contributed by atoms with Crippen molar-refractivity contribution < 1.29 is 28.6 Å². The zero-order valence-corrected chi connectivity index (χ0v) is 22.7. The standard InChI is InChI=1S/C30H32ClNO6/c1-30(2,3)38-29(35)32-23-6-4-5-17(23)13-24(32)28(34)37-25-10-7-16-12-22-20-9-8-19(31)11-18(20)15-36-26(22)14-21(16)27(25)33/h8-9,11-12,14,17,23-25H,4-7,10,13,15H2,1-3H3/t17-,23-,24-,25?/m0/s1. The molecular weight excluding hydrogens is 506 g/mol. The van der Waals surface area contributed by atoms with E-state index in [0.29, 0.717) is 42.2 Å². The van der Waals surface area contributed by atoms with E-state index in [1.165, 1.54) is 0 Å². The number of esters is 1. The summed E-state index contributed by atoms with van der Waals surface area (Å²) < 4.78 is 17.4. The third-order valence-corrected chi connectivity index (χ3v) is 8.39. The molecule has 0 radical (unpaired) electrons. The predicted octanol–water partition coefficient (Wildman–Crippen LogP) is 6.12. The second-order valence-electron chi connectivity index (χ2n) is 11.8. The SMILES string of the molecule is CC(C)(C)OC(=O)N1[C@H](C(=O)OC2CCc3cc4c(cc3C2=O)OCc2cc(Cl)ccc2-4)C[C@@H]2CCC[C@@H]21. The highest BCUT2D eigenvalue weighted by Crippen LogP contribution is 2.44. The van der Waals surface area contributed by atoms with Gasteiger partial charge >= 0.3 is 12.1 Å². The fourth-order valence-electron chi connectivity index (χ4n) is 6.49. The number of carbonyl (C=O) groups excluding carboxylic acids is 3. The van der Waals surface area contributed by atoms with Crippen LogP contribution in [0.25, 0.3) is 11.1 Å². The molecule has 0 spiro atoms. The number of Topliss-reactive ketones (excluding diaryl/α,β-unsaturated/α-hetero) is 1. The lowest BCUT2D eigenvalue weighted by molar-refractivity contribution is -0.153. The molecule has 2 aromatic carbocycles. The minimum absolute atomic E-state index is 0.0217. The second kappa shape index (κ2) is 9.30. The summed E-state index contributed by atoms with van der Waals surface area (Å²) in [5.74, 6) is 0.143. The monoisotopic (exact) mass is 537 g/mol. The zero-order valence-electron chi connectivity index (χ0n) is 21.9. The predicted molar refractivity (Wildman–Crippen MR) is 141 cm³/mol. The Morgan fingerprint density at radius 3 is 2.63 bits per heavy atom. The van der Waals surface area contributed by atoms with Crippen molar-refractivity contribution in [3.63, 3.8) is 0 Å². The van der Waals surface area contributed by atoms with Crippen LogP contribution in [0.3, 0.4) is 0 Å². The fourth-order valence-corrected chi connectivity index (χ4v) is 6.68. The summed E-state index contributed by atoms with van der Waals surface area (Å²) in [4.78, 5) is 41.6. The lowest BCUT2D eigenvalue weighted by atomic mass is 9.85. The normalized spacial score (nSPS) is 25.6. The van der Waals surface area contributed by atoms with E-state index < -0.39 is 29.8 Å². The first-order chi connectivity index (χ1) is 18.1. The maximum atomic E-state index is 13.5. The number of hydrogen-bond donors (Lipinski definition) is 0. The number of carbonyl (C=O) groups is 3. The van der Waals surface area contributed by atoms with E-state index in [0.717, 1.165) is 41.5 Å². The Morgan fingerprint density at radius 2 is 1.84 bits per heavy atom. The van der Waals surface area contributed by atoms with Gasteiger partial charge in [-0.15, -0.1) is 0 Å². The number of fused-ring (bicyclic) bond motifs is 5. The van der Waals surface area contributed by atoms with Crippen LogP contribution in [0.4, 0.5) is 4.79 Å². The molecule has 1 saturated carbocycles. The van der Waals surface area contributed by atoms with E-state index in [4.69, 9.17) is 25.8 Å². The van der Waals surface area contributed by atoms with E-state index in [1.54, 1.807) is 11.0 Å². The molecule has 2 heterocycles. The van der Waals surface area contributed by atoms with Gasteiger partial charge in [0.05, 0.1) is 0 Å². The molecule has 0 aromatic heterocycles. The van der Waals surface area contributed by atoms with Crippen molar-refractivity contribution in [2.24, 2.45) is 5.92 Å². The summed E-state index contributed by atoms with van der Waals surface area (Å²) in [6.07, 6.45) is 3.03. The van der Waals surface area contributed by atoms with Gasteiger partial charge in [-0.05, 0) is 99.7 Å². The third-order valence-electron chi connectivity index (χ3n) is 8.15. The van der Waals surface area contributed by atoms with Gasteiger partial charge in [-0.3, -0.25) is 9.69 Å². The molecule has 2 aliphatic heterocycles. The van der Waals surface area contributed by atoms with Crippen LogP contribution >= 0.6 is 11.6 Å². The molecule has 1 amide bonds. The minimum Gasteiger partial charge on any atom is -0.488 e. The molecule has 7 nitrogen and oxygen atoms in total. The first-order valence-corrected chi connectivity index (χ1v) is 13.8. The van der Waals surface area contributed by atoms with Gasteiger partial charge in [-0.25, -0.2) is 9.59 Å². The van der Waals surface area contributed by atoms with Crippen LogP contribution in [-0.2, 0) is 27.3 Å². The molecular formula is C30H32ClNO6. The molecule has 38 heavy (non-hydrogen) atoms. The molecule has 200 valence electrons. The van der Waals surface area contributed by atoms with E-state index in [9.17, 15) is 14.4 Å². The molecule has 2 aromatic rings. The zero-order chi connectivity index (χ0) is 26.8. The molecule has 0 bridgehead atoms. The number of ether oxygens (including phenoxy) is 3. The van der Waals surface area contributed by atoms with Gasteiger partial charge in [0.15, 0.2) is 6.10 Å². The average Bonchev–Trinajstić information content (AvgIpc) is 3.45. The number of likely N-dealkylation sites (tertiary alicyclic amines) is 1. The molecule has 2 fully saturated rings. The molecule has 1 unspecified atom stereocenters. The first-order valence-electron chi connectivity index (χ1n) is 13.4. The van der Waals surface area contributed by atoms with Crippen LogP contribution in [0, 0.1) is 5.92 Å². The molecule has 6 rings (SSSR count). The highest BCUT2D eigenvalue weighted by molar-refractivity contribution is 6.30. The average molecular weight is 538 g/mol. The summed E-state index contributed by atoms with van der Waals surface area (Å²) in [6.45, 7) is 5.82. The summed E-state index contributed by atoms with van der Waals surface area (Å²) >= 11 is 6.15. The van der Waals surface area contributed by atoms with Crippen LogP contribution in [0.2, 0.25) is 5.02 Å². The van der Waals surface area contributed by atoms with Crippen molar-refractivity contribution in [3.05, 3.63) is 52.0 Å². The van der Waals surface area contributed by atoms with Gasteiger partial charge in [0.2, 0.25) is 5.78 Å². The van der Waals surface area contributed by atoms with Crippen molar-refractivity contribution in [1.82, 2.24) is 4.90 Å². The highest BCUT2D eigenvalue weighted by atomic mass is 35.5. The van der Waals surface area contributed by atoms with Crippen LogP contribution in [-0.4, -0.2) is 46.5 Å². The number of benzene rings is 2. The van der Waals surface area contributed by atoms with E-state index in [-0.39, 0.29) is 17.7 Å². The topological polar surface area (TPSA) is 82.1 Å². The molecule has 2 aliphatic carbocycles. The lowest BCUT2D eigenvalue weighted by Crippen LogP contribution is -2.49. The number of ketones is 1. The van der Waals surface area contributed by atoms with Crippen molar-refractivity contribution in [2.45, 2.75) is 89.7 Å². The molecule has 1 saturated heterocycles. The summed E-state index contributed by atoms with van der Waals surface area (Å²) in [6, 6.07) is 8.77. The van der Waals surface area contributed by atoms with Gasteiger partial charge < -0.3 is 14.2 Å². The van der Waals surface area contributed by atoms with E-state index in [1.807, 2.05) is 45.0 Å². The quantitative estimate of drug-likeness (QED) is 0.429. The second-order valence-corrected chi connectivity index (χ2v) is 12.3. The fraction of sp³-hybridized carbons (Fsp3) is 0.500. The third kappa shape index (κ3) is 4.45. The van der Waals surface area contributed by atoms with Gasteiger partial charge in [0.25, 0.3) is 0 Å². The van der Waals surface area contributed by atoms with Crippen LogP contribution in [0.5, 0.6) is 5.75 Å². The Bertz CT molecular complexity index is 1330.